The molecule has 4 aliphatic carbocycles. The number of hydrogen-bond donors (Lipinski definition) is 1. The van der Waals surface area contributed by atoms with Gasteiger partial charge < -0.3 is 9.84 Å². The Balaban J connectivity index is 1.47. The van der Waals surface area contributed by atoms with Crippen LogP contribution in [-0.4, -0.2) is 23.9 Å². The van der Waals surface area contributed by atoms with Crippen molar-refractivity contribution < 1.29 is 9.84 Å². The molecule has 0 radical (unpaired) electrons. The summed E-state index contributed by atoms with van der Waals surface area (Å²) in [7, 11) is 1.90. The summed E-state index contributed by atoms with van der Waals surface area (Å²) in [5, 5.41) is 10.1. The maximum absolute atomic E-state index is 10.1. The Morgan fingerprint density at radius 2 is 1.90 bits per heavy atom. The molecule has 2 heteroatoms. The summed E-state index contributed by atoms with van der Waals surface area (Å²) >= 11 is 0. The molecular formula is C28H48O2. The molecule has 0 aromatic rings. The van der Waals surface area contributed by atoms with E-state index >= 15 is 0 Å². The summed E-state index contributed by atoms with van der Waals surface area (Å²) in [5.41, 5.74) is 2.21. The van der Waals surface area contributed by atoms with Crippen molar-refractivity contribution in [2.75, 3.05) is 7.11 Å². The quantitative estimate of drug-likeness (QED) is 0.466. The molecule has 0 amide bonds. The van der Waals surface area contributed by atoms with Crippen molar-refractivity contribution in [2.45, 2.75) is 117 Å². The zero-order chi connectivity index (χ0) is 21.7. The second kappa shape index (κ2) is 8.22. The molecule has 0 aromatic heterocycles. The van der Waals surface area contributed by atoms with E-state index in [1.54, 1.807) is 5.57 Å². The number of hydrogen-bond acceptors (Lipinski definition) is 2. The molecule has 1 N–H and O–H groups in total. The zero-order valence-corrected chi connectivity index (χ0v) is 20.7. The molecule has 172 valence electrons. The van der Waals surface area contributed by atoms with Gasteiger partial charge in [-0.1, -0.05) is 45.3 Å². The van der Waals surface area contributed by atoms with Crippen LogP contribution in [0.5, 0.6) is 0 Å². The molecule has 0 aliphatic heterocycles. The Labute approximate surface area is 186 Å². The number of aliphatic hydroxyl groups is 1. The highest BCUT2D eigenvalue weighted by Gasteiger charge is 2.59. The van der Waals surface area contributed by atoms with Crippen molar-refractivity contribution in [1.82, 2.24) is 0 Å². The average molecular weight is 417 g/mol. The number of fused-ring (bicyclic) bond motifs is 5. The van der Waals surface area contributed by atoms with Crippen LogP contribution in [0.3, 0.4) is 0 Å². The van der Waals surface area contributed by atoms with Gasteiger partial charge in [-0.05, 0) is 112 Å². The Morgan fingerprint density at radius 3 is 2.60 bits per heavy atom. The lowest BCUT2D eigenvalue weighted by Gasteiger charge is -2.58. The maximum Gasteiger partial charge on any atom is 0.0608 e. The first-order valence-electron chi connectivity index (χ1n) is 13.0. The lowest BCUT2D eigenvalue weighted by Crippen LogP contribution is -2.50. The molecule has 4 rings (SSSR count). The first-order valence-corrected chi connectivity index (χ1v) is 13.0. The normalized spacial score (nSPS) is 44.6. The summed E-state index contributed by atoms with van der Waals surface area (Å²) in [5.74, 6) is 4.41. The first kappa shape index (κ1) is 22.8. The molecular weight excluding hydrogens is 368 g/mol. The van der Waals surface area contributed by atoms with Crippen molar-refractivity contribution in [3.63, 3.8) is 0 Å². The van der Waals surface area contributed by atoms with E-state index in [9.17, 15) is 5.11 Å². The Morgan fingerprint density at radius 1 is 1.13 bits per heavy atom. The standard InChI is InChI=1S/C28H48O2/c1-19(8-7-15-26(2,3)29)23-11-12-24-22-10-9-20-18-21(30-6)13-16-27(20,4)25(22)14-17-28(23,24)5/h9,19,21-25,29H,7-8,10-18H2,1-6H3/t19-,21+,22+,23-,24+,25+,27+,28-/m1/s1. The number of methoxy groups -OCH3 is 1. The van der Waals surface area contributed by atoms with Crippen LogP contribution in [0.4, 0.5) is 0 Å². The van der Waals surface area contributed by atoms with Crippen LogP contribution in [0, 0.1) is 40.4 Å². The van der Waals surface area contributed by atoms with Gasteiger partial charge in [0.15, 0.2) is 0 Å². The van der Waals surface area contributed by atoms with Gasteiger partial charge in [-0.2, -0.15) is 0 Å². The predicted octanol–water partition coefficient (Wildman–Crippen LogP) is 7.16. The van der Waals surface area contributed by atoms with Gasteiger partial charge in [-0.25, -0.2) is 0 Å². The molecule has 0 spiro atoms. The van der Waals surface area contributed by atoms with E-state index in [4.69, 9.17) is 4.74 Å². The molecule has 0 unspecified atom stereocenters. The van der Waals surface area contributed by atoms with E-state index in [1.165, 1.54) is 64.2 Å². The second-order valence-electron chi connectivity index (χ2n) is 12.8. The average Bonchev–Trinajstić information content (AvgIpc) is 3.03. The van der Waals surface area contributed by atoms with Crippen LogP contribution in [0.1, 0.15) is 105 Å². The molecule has 8 atom stereocenters. The van der Waals surface area contributed by atoms with Crippen molar-refractivity contribution in [2.24, 2.45) is 40.4 Å². The fraction of sp³-hybridized carbons (Fsp3) is 0.929. The number of allylic oxidation sites excluding steroid dienone is 1. The first-order chi connectivity index (χ1) is 14.1. The van der Waals surface area contributed by atoms with E-state index in [0.29, 0.717) is 16.9 Å². The van der Waals surface area contributed by atoms with Crippen molar-refractivity contribution >= 4 is 0 Å². The fourth-order valence-corrected chi connectivity index (χ4v) is 8.86. The van der Waals surface area contributed by atoms with Crippen LogP contribution in [0.25, 0.3) is 0 Å². The number of rotatable bonds is 6. The van der Waals surface area contributed by atoms with E-state index in [-0.39, 0.29) is 0 Å². The van der Waals surface area contributed by atoms with Crippen LogP contribution in [0.15, 0.2) is 11.6 Å². The molecule has 30 heavy (non-hydrogen) atoms. The minimum absolute atomic E-state index is 0.440. The Kier molecular flexibility index (Phi) is 6.26. The van der Waals surface area contributed by atoms with E-state index < -0.39 is 5.60 Å². The predicted molar refractivity (Wildman–Crippen MR) is 125 cm³/mol. The van der Waals surface area contributed by atoms with Crippen molar-refractivity contribution in [3.8, 4) is 0 Å². The summed E-state index contributed by atoms with van der Waals surface area (Å²) in [4.78, 5) is 0. The van der Waals surface area contributed by atoms with Gasteiger partial charge in [0.2, 0.25) is 0 Å². The second-order valence-corrected chi connectivity index (χ2v) is 12.8. The maximum atomic E-state index is 10.1. The third-order valence-electron chi connectivity index (χ3n) is 10.6. The van der Waals surface area contributed by atoms with Gasteiger partial charge in [-0.15, -0.1) is 0 Å². The van der Waals surface area contributed by atoms with Gasteiger partial charge in [0, 0.05) is 7.11 Å². The summed E-state index contributed by atoms with van der Waals surface area (Å²) < 4.78 is 5.74. The van der Waals surface area contributed by atoms with E-state index in [0.717, 1.165) is 36.0 Å². The Bertz CT molecular complexity index is 646. The fourth-order valence-electron chi connectivity index (χ4n) is 8.86. The van der Waals surface area contributed by atoms with Crippen LogP contribution in [-0.2, 0) is 4.74 Å². The Hall–Kier alpha value is -0.340. The van der Waals surface area contributed by atoms with Crippen molar-refractivity contribution in [3.05, 3.63) is 11.6 Å². The SMILES string of the molecule is CO[C@H]1CC[C@@]2(C)C(=CC[C@H]3[C@@H]4CC[C@H]([C@H](C)CCCC(C)(C)O)[C@@]4(C)CC[C@@H]32)C1. The van der Waals surface area contributed by atoms with Gasteiger partial charge in [0.05, 0.1) is 11.7 Å². The van der Waals surface area contributed by atoms with Gasteiger partial charge in [0.25, 0.3) is 0 Å². The summed E-state index contributed by atoms with van der Waals surface area (Å²) in [6.07, 6.45) is 17.4. The zero-order valence-electron chi connectivity index (χ0n) is 20.7. The van der Waals surface area contributed by atoms with Crippen LogP contribution < -0.4 is 0 Å². The lowest BCUT2D eigenvalue weighted by atomic mass is 9.47. The van der Waals surface area contributed by atoms with Crippen LogP contribution in [0.2, 0.25) is 0 Å². The molecule has 0 heterocycles. The van der Waals surface area contributed by atoms with Gasteiger partial charge >= 0.3 is 0 Å². The van der Waals surface area contributed by atoms with E-state index in [2.05, 4.69) is 26.8 Å². The number of ether oxygens (including phenoxy) is 1. The summed E-state index contributed by atoms with van der Waals surface area (Å²) in [6.45, 7) is 11.7. The van der Waals surface area contributed by atoms with Gasteiger partial charge in [-0.3, -0.25) is 0 Å². The smallest absolute Gasteiger partial charge is 0.0608 e. The molecule has 4 aliphatic rings. The lowest BCUT2D eigenvalue weighted by molar-refractivity contribution is -0.0603. The third kappa shape index (κ3) is 3.94. The minimum atomic E-state index is -0.511. The van der Waals surface area contributed by atoms with Crippen molar-refractivity contribution in [1.29, 1.82) is 0 Å². The molecule has 0 bridgehead atoms. The highest BCUT2D eigenvalue weighted by Crippen LogP contribution is 2.67. The highest BCUT2D eigenvalue weighted by molar-refractivity contribution is 5.25. The molecule has 0 saturated heterocycles. The largest absolute Gasteiger partial charge is 0.390 e. The molecule has 0 aromatic carbocycles. The van der Waals surface area contributed by atoms with Gasteiger partial charge in [0.1, 0.15) is 0 Å². The van der Waals surface area contributed by atoms with E-state index in [1.807, 2.05) is 21.0 Å². The minimum Gasteiger partial charge on any atom is -0.390 e. The molecule has 3 saturated carbocycles. The van der Waals surface area contributed by atoms with Crippen LogP contribution >= 0.6 is 0 Å². The molecule has 3 fully saturated rings. The highest BCUT2D eigenvalue weighted by atomic mass is 16.5. The monoisotopic (exact) mass is 416 g/mol. The molecule has 2 nitrogen and oxygen atoms in total. The third-order valence-corrected chi connectivity index (χ3v) is 10.6. The topological polar surface area (TPSA) is 29.5 Å². The summed E-state index contributed by atoms with van der Waals surface area (Å²) in [6, 6.07) is 0.